The van der Waals surface area contributed by atoms with Crippen molar-refractivity contribution in [2.75, 3.05) is 30.4 Å². The SMILES string of the molecule is CC1CC1CN(C)c1ccc2c(c1)N(C)C(=O)C2O. The van der Waals surface area contributed by atoms with Crippen LogP contribution < -0.4 is 9.80 Å². The van der Waals surface area contributed by atoms with Crippen LogP contribution in [0.25, 0.3) is 0 Å². The molecule has 3 unspecified atom stereocenters. The second-order valence-corrected chi connectivity index (χ2v) is 5.90. The average molecular weight is 260 g/mol. The Morgan fingerprint density at radius 2 is 2.16 bits per heavy atom. The zero-order valence-electron chi connectivity index (χ0n) is 11.6. The summed E-state index contributed by atoms with van der Waals surface area (Å²) in [5, 5.41) is 9.84. The Morgan fingerprint density at radius 3 is 2.79 bits per heavy atom. The van der Waals surface area contributed by atoms with Crippen molar-refractivity contribution in [2.45, 2.75) is 19.4 Å². The largest absolute Gasteiger partial charge is 0.378 e. The van der Waals surface area contributed by atoms with E-state index < -0.39 is 6.10 Å². The van der Waals surface area contributed by atoms with Gasteiger partial charge in [-0.2, -0.15) is 0 Å². The first-order valence-electron chi connectivity index (χ1n) is 6.79. The van der Waals surface area contributed by atoms with Crippen LogP contribution in [0.4, 0.5) is 11.4 Å². The maximum atomic E-state index is 11.7. The van der Waals surface area contributed by atoms with Gasteiger partial charge in [0.25, 0.3) is 5.91 Å². The molecule has 1 amide bonds. The van der Waals surface area contributed by atoms with E-state index in [0.717, 1.165) is 29.8 Å². The highest BCUT2D eigenvalue weighted by atomic mass is 16.3. The fraction of sp³-hybridized carbons (Fsp3) is 0.533. The summed E-state index contributed by atoms with van der Waals surface area (Å²) in [6.07, 6.45) is 0.314. The second kappa shape index (κ2) is 4.23. The van der Waals surface area contributed by atoms with Gasteiger partial charge in [0.15, 0.2) is 6.10 Å². The Bertz CT molecular complexity index is 529. The van der Waals surface area contributed by atoms with Crippen molar-refractivity contribution < 1.29 is 9.90 Å². The number of carbonyl (C=O) groups excluding carboxylic acids is 1. The van der Waals surface area contributed by atoms with Gasteiger partial charge >= 0.3 is 0 Å². The molecule has 0 saturated heterocycles. The molecule has 1 aliphatic heterocycles. The quantitative estimate of drug-likeness (QED) is 0.901. The third kappa shape index (κ3) is 2.00. The molecule has 102 valence electrons. The summed E-state index contributed by atoms with van der Waals surface area (Å²) >= 11 is 0. The molecule has 1 N–H and O–H groups in total. The molecule has 1 saturated carbocycles. The summed E-state index contributed by atoms with van der Waals surface area (Å²) in [5.74, 6) is 1.39. The van der Waals surface area contributed by atoms with E-state index >= 15 is 0 Å². The molecule has 1 aliphatic carbocycles. The van der Waals surface area contributed by atoms with Gasteiger partial charge in [0.2, 0.25) is 0 Å². The van der Waals surface area contributed by atoms with Crippen molar-refractivity contribution >= 4 is 17.3 Å². The van der Waals surface area contributed by atoms with E-state index in [0.29, 0.717) is 5.56 Å². The van der Waals surface area contributed by atoms with Gasteiger partial charge in [0, 0.05) is 31.9 Å². The average Bonchev–Trinajstić information content (AvgIpc) is 3.05. The molecule has 19 heavy (non-hydrogen) atoms. The molecule has 1 heterocycles. The molecule has 4 nitrogen and oxygen atoms in total. The molecule has 1 fully saturated rings. The predicted octanol–water partition coefficient (Wildman–Crippen LogP) is 1.79. The van der Waals surface area contributed by atoms with Gasteiger partial charge in [-0.25, -0.2) is 0 Å². The molecular formula is C15H20N2O2. The van der Waals surface area contributed by atoms with Crippen LogP contribution in [-0.4, -0.2) is 31.7 Å². The Morgan fingerprint density at radius 1 is 1.47 bits per heavy atom. The number of likely N-dealkylation sites (N-methyl/N-ethyl adjacent to an activating group) is 1. The van der Waals surface area contributed by atoms with Crippen molar-refractivity contribution in [2.24, 2.45) is 11.8 Å². The number of rotatable bonds is 3. The Kier molecular flexibility index (Phi) is 2.78. The number of benzene rings is 1. The molecule has 3 atom stereocenters. The maximum absolute atomic E-state index is 11.7. The van der Waals surface area contributed by atoms with Crippen molar-refractivity contribution in [1.82, 2.24) is 0 Å². The van der Waals surface area contributed by atoms with E-state index in [2.05, 4.69) is 18.9 Å². The highest BCUT2D eigenvalue weighted by molar-refractivity contribution is 6.03. The first-order valence-corrected chi connectivity index (χ1v) is 6.79. The number of aliphatic hydroxyl groups is 1. The summed E-state index contributed by atoms with van der Waals surface area (Å²) in [6, 6.07) is 5.85. The van der Waals surface area contributed by atoms with Crippen molar-refractivity contribution in [3.63, 3.8) is 0 Å². The lowest BCUT2D eigenvalue weighted by Crippen LogP contribution is -2.24. The number of aliphatic hydroxyl groups excluding tert-OH is 1. The van der Waals surface area contributed by atoms with Crippen LogP contribution in [0.15, 0.2) is 18.2 Å². The Hall–Kier alpha value is -1.55. The van der Waals surface area contributed by atoms with E-state index in [1.807, 2.05) is 18.2 Å². The molecule has 1 aromatic carbocycles. The summed E-state index contributed by atoms with van der Waals surface area (Å²) in [4.78, 5) is 15.5. The van der Waals surface area contributed by atoms with Gasteiger partial charge < -0.3 is 14.9 Å². The van der Waals surface area contributed by atoms with E-state index in [1.54, 1.807) is 7.05 Å². The van der Waals surface area contributed by atoms with E-state index in [1.165, 1.54) is 11.3 Å². The van der Waals surface area contributed by atoms with Gasteiger partial charge in [-0.15, -0.1) is 0 Å². The molecule has 4 heteroatoms. The number of hydrogen-bond acceptors (Lipinski definition) is 3. The molecule has 2 aliphatic rings. The third-order valence-corrected chi connectivity index (χ3v) is 4.46. The zero-order valence-corrected chi connectivity index (χ0v) is 11.6. The fourth-order valence-electron chi connectivity index (χ4n) is 2.84. The zero-order chi connectivity index (χ0) is 13.7. The monoisotopic (exact) mass is 260 g/mol. The van der Waals surface area contributed by atoms with Crippen molar-refractivity contribution in [3.8, 4) is 0 Å². The van der Waals surface area contributed by atoms with Gasteiger partial charge in [0.1, 0.15) is 0 Å². The van der Waals surface area contributed by atoms with Crippen LogP contribution in [-0.2, 0) is 4.79 Å². The second-order valence-electron chi connectivity index (χ2n) is 5.90. The van der Waals surface area contributed by atoms with E-state index in [-0.39, 0.29) is 5.91 Å². The standard InChI is InChI=1S/C15H20N2O2/c1-9-6-10(9)8-16(2)11-4-5-12-13(7-11)17(3)15(19)14(12)18/h4-5,7,9-10,14,18H,6,8H2,1-3H3. The predicted molar refractivity (Wildman–Crippen MR) is 75.4 cm³/mol. The van der Waals surface area contributed by atoms with Crippen molar-refractivity contribution in [3.05, 3.63) is 23.8 Å². The van der Waals surface area contributed by atoms with Crippen LogP contribution in [0.2, 0.25) is 0 Å². The molecule has 0 bridgehead atoms. The summed E-state index contributed by atoms with van der Waals surface area (Å²) in [5.41, 5.74) is 2.64. The molecule has 0 aromatic heterocycles. The maximum Gasteiger partial charge on any atom is 0.260 e. The lowest BCUT2D eigenvalue weighted by Gasteiger charge is -2.21. The fourth-order valence-corrected chi connectivity index (χ4v) is 2.84. The van der Waals surface area contributed by atoms with E-state index in [9.17, 15) is 9.90 Å². The first kappa shape index (κ1) is 12.5. The molecule has 0 spiro atoms. The highest BCUT2D eigenvalue weighted by Gasteiger charge is 2.35. The number of fused-ring (bicyclic) bond motifs is 1. The summed E-state index contributed by atoms with van der Waals surface area (Å²) in [7, 11) is 3.80. The van der Waals surface area contributed by atoms with Gasteiger partial charge in [-0.1, -0.05) is 13.0 Å². The lowest BCUT2D eigenvalue weighted by atomic mass is 10.1. The number of carbonyl (C=O) groups is 1. The minimum Gasteiger partial charge on any atom is -0.378 e. The first-order chi connectivity index (χ1) is 8.99. The van der Waals surface area contributed by atoms with Crippen LogP contribution in [0.5, 0.6) is 0 Å². The smallest absolute Gasteiger partial charge is 0.260 e. The van der Waals surface area contributed by atoms with Crippen LogP contribution in [0, 0.1) is 11.8 Å². The Balaban J connectivity index is 1.84. The van der Waals surface area contributed by atoms with Gasteiger partial charge in [0.05, 0.1) is 5.69 Å². The summed E-state index contributed by atoms with van der Waals surface area (Å²) < 4.78 is 0. The molecule has 0 radical (unpaired) electrons. The minimum absolute atomic E-state index is 0.245. The third-order valence-electron chi connectivity index (χ3n) is 4.46. The normalized spacial score (nSPS) is 28.5. The van der Waals surface area contributed by atoms with Crippen molar-refractivity contribution in [1.29, 1.82) is 0 Å². The number of anilines is 2. The summed E-state index contributed by atoms with van der Waals surface area (Å²) in [6.45, 7) is 3.34. The number of nitrogens with zero attached hydrogens (tertiary/aromatic N) is 2. The molecular weight excluding hydrogens is 240 g/mol. The molecule has 3 rings (SSSR count). The number of hydrogen-bond donors (Lipinski definition) is 1. The van der Waals surface area contributed by atoms with Gasteiger partial charge in [-0.05, 0) is 30.4 Å². The van der Waals surface area contributed by atoms with Crippen LogP contribution >= 0.6 is 0 Å². The molecule has 1 aromatic rings. The van der Waals surface area contributed by atoms with E-state index in [4.69, 9.17) is 0 Å². The van der Waals surface area contributed by atoms with Gasteiger partial charge in [-0.3, -0.25) is 4.79 Å². The Labute approximate surface area is 113 Å². The lowest BCUT2D eigenvalue weighted by molar-refractivity contribution is -0.125. The highest BCUT2D eigenvalue weighted by Crippen LogP contribution is 2.40. The topological polar surface area (TPSA) is 43.8 Å². The van der Waals surface area contributed by atoms with Crippen LogP contribution in [0.1, 0.15) is 25.0 Å². The number of amides is 1. The van der Waals surface area contributed by atoms with Crippen LogP contribution in [0.3, 0.4) is 0 Å². The minimum atomic E-state index is -0.997.